The minimum Gasteiger partial charge on any atom is -0.503 e. The summed E-state index contributed by atoms with van der Waals surface area (Å²) >= 11 is 1.28. The normalized spacial score (nSPS) is 16.4. The number of carbonyl (C=O) groups is 2. The molecule has 1 atom stereocenters. The van der Waals surface area contributed by atoms with Crippen LogP contribution in [0.3, 0.4) is 0 Å². The number of aliphatic hydroxyl groups is 1. The van der Waals surface area contributed by atoms with Crippen molar-refractivity contribution in [3.8, 4) is 5.75 Å². The molecule has 0 saturated heterocycles. The number of thiazole rings is 1. The number of nitrogens with zero attached hydrogens (tertiary/aromatic N) is 3. The van der Waals surface area contributed by atoms with Gasteiger partial charge in [-0.05, 0) is 51.6 Å². The highest BCUT2D eigenvalue weighted by molar-refractivity contribution is 7.14. The van der Waals surface area contributed by atoms with Crippen molar-refractivity contribution in [2.75, 3.05) is 32.8 Å². The van der Waals surface area contributed by atoms with Gasteiger partial charge in [-0.25, -0.2) is 4.98 Å². The van der Waals surface area contributed by atoms with Crippen LogP contribution in [0, 0.1) is 13.8 Å². The fourth-order valence-electron chi connectivity index (χ4n) is 4.03. The Hall–Kier alpha value is -2.71. The number of aromatic nitrogens is 1. The van der Waals surface area contributed by atoms with Gasteiger partial charge in [-0.1, -0.05) is 26.0 Å². The van der Waals surface area contributed by atoms with Crippen LogP contribution in [0.5, 0.6) is 5.75 Å². The van der Waals surface area contributed by atoms with Gasteiger partial charge in [-0.3, -0.25) is 9.59 Å². The number of hydrogen-bond donors (Lipinski definition) is 1. The molecule has 0 aliphatic carbocycles. The molecule has 0 radical (unpaired) electrons. The molecule has 0 spiro atoms. The monoisotopic (exact) mass is 457 g/mol. The number of ether oxygens (including phenoxy) is 1. The number of benzene rings is 1. The first kappa shape index (κ1) is 23.9. The van der Waals surface area contributed by atoms with E-state index in [9.17, 15) is 14.7 Å². The first-order valence-corrected chi connectivity index (χ1v) is 11.8. The third-order valence-corrected chi connectivity index (χ3v) is 6.79. The lowest BCUT2D eigenvalue weighted by atomic mass is 9.95. The predicted molar refractivity (Wildman–Crippen MR) is 125 cm³/mol. The number of hydrogen-bond acceptors (Lipinski definition) is 7. The largest absolute Gasteiger partial charge is 0.503 e. The van der Waals surface area contributed by atoms with E-state index in [2.05, 4.69) is 23.7 Å². The number of amides is 1. The standard InChI is InChI=1S/C24H31N3O4S/c1-6-26(7-2)13-14-27-20(17-9-11-18(12-10-17)31-8-3)19(22(29)24(27)30)21(28)23-15(4)25-16(5)32-23/h9-12,20,29H,6-8,13-14H2,1-5H3/t20-/m0/s1. The van der Waals surface area contributed by atoms with Crippen LogP contribution in [-0.4, -0.2) is 64.4 Å². The molecule has 0 bridgehead atoms. The zero-order valence-electron chi connectivity index (χ0n) is 19.3. The van der Waals surface area contributed by atoms with Gasteiger partial charge in [0, 0.05) is 13.1 Å². The van der Waals surface area contributed by atoms with Crippen molar-refractivity contribution in [1.82, 2.24) is 14.8 Å². The molecule has 0 fully saturated rings. The lowest BCUT2D eigenvalue weighted by Gasteiger charge is -2.29. The van der Waals surface area contributed by atoms with E-state index in [1.54, 1.807) is 11.8 Å². The second-order valence-corrected chi connectivity index (χ2v) is 8.87. The van der Waals surface area contributed by atoms with Gasteiger partial charge in [0.05, 0.1) is 33.8 Å². The summed E-state index contributed by atoms with van der Waals surface area (Å²) in [4.78, 5) is 35.2. The average molecular weight is 458 g/mol. The number of aliphatic hydroxyl groups excluding tert-OH is 1. The van der Waals surface area contributed by atoms with Gasteiger partial charge in [-0.2, -0.15) is 0 Å². The lowest BCUT2D eigenvalue weighted by molar-refractivity contribution is -0.129. The average Bonchev–Trinajstić information content (AvgIpc) is 3.25. The minimum atomic E-state index is -0.664. The maximum absolute atomic E-state index is 13.5. The molecule has 1 N–H and O–H groups in total. The van der Waals surface area contributed by atoms with E-state index < -0.39 is 17.7 Å². The van der Waals surface area contributed by atoms with Crippen LogP contribution >= 0.6 is 11.3 Å². The van der Waals surface area contributed by atoms with E-state index in [1.165, 1.54) is 11.3 Å². The zero-order chi connectivity index (χ0) is 23.4. The van der Waals surface area contributed by atoms with Crippen molar-refractivity contribution < 1.29 is 19.4 Å². The summed E-state index contributed by atoms with van der Waals surface area (Å²) in [5.41, 5.74) is 1.48. The Morgan fingerprint density at radius 2 is 1.84 bits per heavy atom. The van der Waals surface area contributed by atoms with E-state index in [0.717, 1.165) is 23.7 Å². The molecule has 1 amide bonds. The molecule has 8 heteroatoms. The molecule has 1 aliphatic rings. The number of aryl methyl sites for hydroxylation is 2. The Kier molecular flexibility index (Phi) is 7.69. The Balaban J connectivity index is 2.03. The summed E-state index contributed by atoms with van der Waals surface area (Å²) in [6.45, 7) is 13.0. The number of likely N-dealkylation sites (N-methyl/N-ethyl adjacent to an activating group) is 1. The second-order valence-electron chi connectivity index (χ2n) is 7.67. The number of Topliss-reactive ketones (excluding diaryl/α,β-unsaturated/α-hetero) is 1. The summed E-state index contributed by atoms with van der Waals surface area (Å²) in [6, 6.07) is 6.69. The summed E-state index contributed by atoms with van der Waals surface area (Å²) in [6.07, 6.45) is 0. The molecule has 1 aromatic heterocycles. The van der Waals surface area contributed by atoms with Gasteiger partial charge in [0.2, 0.25) is 5.78 Å². The molecule has 7 nitrogen and oxygen atoms in total. The molecule has 32 heavy (non-hydrogen) atoms. The second kappa shape index (κ2) is 10.3. The lowest BCUT2D eigenvalue weighted by Crippen LogP contribution is -2.38. The molecular weight excluding hydrogens is 426 g/mol. The molecule has 0 saturated carbocycles. The molecule has 0 unspecified atom stereocenters. The number of carbonyl (C=O) groups excluding carboxylic acids is 2. The van der Waals surface area contributed by atoms with Gasteiger partial charge < -0.3 is 19.6 Å². The molecule has 1 aromatic carbocycles. The van der Waals surface area contributed by atoms with Crippen LogP contribution in [0.1, 0.15) is 52.7 Å². The summed E-state index contributed by atoms with van der Waals surface area (Å²) < 4.78 is 5.54. The summed E-state index contributed by atoms with van der Waals surface area (Å²) in [5, 5.41) is 11.6. The van der Waals surface area contributed by atoms with Gasteiger partial charge >= 0.3 is 0 Å². The van der Waals surface area contributed by atoms with Crippen molar-refractivity contribution >= 4 is 23.0 Å². The fourth-order valence-corrected chi connectivity index (χ4v) is 4.90. The van der Waals surface area contributed by atoms with Crippen LogP contribution in [0.25, 0.3) is 0 Å². The van der Waals surface area contributed by atoms with Crippen LogP contribution in [-0.2, 0) is 4.79 Å². The third kappa shape index (κ3) is 4.71. The Labute approximate surface area is 193 Å². The fraction of sp³-hybridized carbons (Fsp3) is 0.458. The van der Waals surface area contributed by atoms with Crippen molar-refractivity contribution in [3.05, 3.63) is 56.7 Å². The van der Waals surface area contributed by atoms with E-state index >= 15 is 0 Å². The Morgan fingerprint density at radius 3 is 2.38 bits per heavy atom. The topological polar surface area (TPSA) is 83.0 Å². The predicted octanol–water partition coefficient (Wildman–Crippen LogP) is 4.08. The van der Waals surface area contributed by atoms with Gasteiger partial charge in [0.1, 0.15) is 5.75 Å². The van der Waals surface area contributed by atoms with Crippen molar-refractivity contribution in [3.63, 3.8) is 0 Å². The maximum atomic E-state index is 13.5. The molecule has 2 heterocycles. The molecule has 172 valence electrons. The number of ketones is 1. The smallest absolute Gasteiger partial charge is 0.290 e. The molecular formula is C24H31N3O4S. The summed E-state index contributed by atoms with van der Waals surface area (Å²) in [5.74, 6) is -0.620. The Bertz CT molecular complexity index is 1010. The van der Waals surface area contributed by atoms with Crippen LogP contribution in [0.15, 0.2) is 35.6 Å². The van der Waals surface area contributed by atoms with Gasteiger partial charge in [0.25, 0.3) is 5.91 Å². The maximum Gasteiger partial charge on any atom is 0.290 e. The minimum absolute atomic E-state index is 0.116. The van der Waals surface area contributed by atoms with Gasteiger partial charge in [-0.15, -0.1) is 11.3 Å². The van der Waals surface area contributed by atoms with E-state index in [0.29, 0.717) is 36.0 Å². The molecule has 2 aromatic rings. The highest BCUT2D eigenvalue weighted by Crippen LogP contribution is 2.40. The quantitative estimate of drug-likeness (QED) is 0.542. The van der Waals surface area contributed by atoms with Crippen molar-refractivity contribution in [2.45, 2.75) is 40.7 Å². The van der Waals surface area contributed by atoms with Crippen LogP contribution in [0.4, 0.5) is 0 Å². The first-order chi connectivity index (χ1) is 15.3. The molecule has 3 rings (SSSR count). The van der Waals surface area contributed by atoms with Crippen molar-refractivity contribution in [2.24, 2.45) is 0 Å². The highest BCUT2D eigenvalue weighted by atomic mass is 32.1. The van der Waals surface area contributed by atoms with E-state index in [-0.39, 0.29) is 11.4 Å². The third-order valence-electron chi connectivity index (χ3n) is 5.72. The van der Waals surface area contributed by atoms with E-state index in [1.807, 2.05) is 38.1 Å². The zero-order valence-corrected chi connectivity index (χ0v) is 20.2. The SMILES string of the molecule is CCOc1ccc([C@H]2C(C(=O)c3sc(C)nc3C)=C(O)C(=O)N2CCN(CC)CC)cc1. The first-order valence-electron chi connectivity index (χ1n) is 11.0. The summed E-state index contributed by atoms with van der Waals surface area (Å²) in [7, 11) is 0. The van der Waals surface area contributed by atoms with Crippen LogP contribution < -0.4 is 4.74 Å². The van der Waals surface area contributed by atoms with Crippen LogP contribution in [0.2, 0.25) is 0 Å². The van der Waals surface area contributed by atoms with Gasteiger partial charge in [0.15, 0.2) is 5.76 Å². The highest BCUT2D eigenvalue weighted by Gasteiger charge is 2.44. The number of rotatable bonds is 10. The Morgan fingerprint density at radius 1 is 1.19 bits per heavy atom. The van der Waals surface area contributed by atoms with E-state index in [4.69, 9.17) is 4.74 Å². The van der Waals surface area contributed by atoms with Crippen molar-refractivity contribution in [1.29, 1.82) is 0 Å². The molecule has 1 aliphatic heterocycles.